The Kier molecular flexibility index (Phi) is 8.33. The molecule has 0 spiro atoms. The topological polar surface area (TPSA) is 38.8 Å². The molecule has 15 heavy (non-hydrogen) atoms. The van der Waals surface area contributed by atoms with Crippen LogP contribution < -0.4 is 0 Å². The van der Waals surface area contributed by atoms with Gasteiger partial charge in [-0.25, -0.2) is 0 Å². The van der Waals surface area contributed by atoms with Gasteiger partial charge in [-0.3, -0.25) is 4.79 Å². The first-order chi connectivity index (χ1) is 7.07. The smallest absolute Gasteiger partial charge is 0.222 e. The molecule has 0 bridgehead atoms. The minimum Gasteiger partial charge on any atom is -0.383 e. The van der Waals surface area contributed by atoms with Crippen LogP contribution in [0.25, 0.3) is 0 Å². The van der Waals surface area contributed by atoms with Crippen LogP contribution in [0.4, 0.5) is 0 Å². The molecule has 0 heterocycles. The summed E-state index contributed by atoms with van der Waals surface area (Å²) < 4.78 is 10.3. The summed E-state index contributed by atoms with van der Waals surface area (Å²) in [5.74, 6) is 0.152. The van der Waals surface area contributed by atoms with E-state index in [1.54, 1.807) is 19.1 Å². The molecule has 0 atom stereocenters. The van der Waals surface area contributed by atoms with E-state index in [1.165, 1.54) is 0 Å². The highest BCUT2D eigenvalue weighted by Gasteiger charge is 2.07. The maximum atomic E-state index is 11.5. The zero-order chi connectivity index (χ0) is 11.7. The van der Waals surface area contributed by atoms with Gasteiger partial charge < -0.3 is 14.4 Å². The summed E-state index contributed by atoms with van der Waals surface area (Å²) in [6.07, 6.45) is 1.58. The summed E-state index contributed by atoms with van der Waals surface area (Å²) in [4.78, 5) is 13.2. The van der Waals surface area contributed by atoms with Crippen LogP contribution in [0.5, 0.6) is 0 Å². The molecule has 90 valence electrons. The molecule has 0 aliphatic rings. The maximum absolute atomic E-state index is 11.5. The van der Waals surface area contributed by atoms with Crippen molar-refractivity contribution in [1.82, 2.24) is 4.90 Å². The number of rotatable bonds is 8. The number of methoxy groups -OCH3 is 1. The Morgan fingerprint density at radius 2 is 2.00 bits per heavy atom. The van der Waals surface area contributed by atoms with Crippen LogP contribution in [-0.2, 0) is 14.3 Å². The third kappa shape index (κ3) is 8.39. The van der Waals surface area contributed by atoms with Gasteiger partial charge in [0.05, 0.1) is 12.7 Å². The zero-order valence-corrected chi connectivity index (χ0v) is 10.3. The molecule has 0 unspecified atom stereocenters. The largest absolute Gasteiger partial charge is 0.383 e. The third-order valence-corrected chi connectivity index (χ3v) is 2.04. The highest BCUT2D eigenvalue weighted by Crippen LogP contribution is 1.98. The normalized spacial score (nSPS) is 10.7. The Balaban J connectivity index is 3.47. The Morgan fingerprint density at radius 1 is 1.33 bits per heavy atom. The fourth-order valence-corrected chi connectivity index (χ4v) is 1.09. The van der Waals surface area contributed by atoms with Gasteiger partial charge in [0.15, 0.2) is 0 Å². The van der Waals surface area contributed by atoms with Crippen molar-refractivity contribution in [2.75, 3.05) is 33.9 Å². The van der Waals surface area contributed by atoms with Gasteiger partial charge in [-0.2, -0.15) is 0 Å². The van der Waals surface area contributed by atoms with Gasteiger partial charge in [-0.05, 0) is 20.3 Å². The Hall–Kier alpha value is -0.610. The van der Waals surface area contributed by atoms with Crippen LogP contribution >= 0.6 is 0 Å². The molecule has 1 amide bonds. The molecule has 0 aliphatic heterocycles. The highest BCUT2D eigenvalue weighted by atomic mass is 16.5. The lowest BCUT2D eigenvalue weighted by molar-refractivity contribution is -0.130. The minimum atomic E-state index is 0.152. The molecule has 0 saturated carbocycles. The number of ether oxygens (including phenoxy) is 2. The molecule has 0 N–H and O–H groups in total. The fraction of sp³-hybridized carbons (Fsp3) is 0.909. The molecule has 4 nitrogen and oxygen atoms in total. The van der Waals surface area contributed by atoms with E-state index in [0.29, 0.717) is 26.2 Å². The van der Waals surface area contributed by atoms with Gasteiger partial charge in [0.1, 0.15) is 0 Å². The van der Waals surface area contributed by atoms with E-state index in [2.05, 4.69) is 0 Å². The molecule has 0 rings (SSSR count). The van der Waals surface area contributed by atoms with Crippen LogP contribution in [0.1, 0.15) is 26.7 Å². The van der Waals surface area contributed by atoms with Crippen molar-refractivity contribution in [3.05, 3.63) is 0 Å². The number of hydrogen-bond acceptors (Lipinski definition) is 3. The van der Waals surface area contributed by atoms with Crippen LogP contribution in [0.15, 0.2) is 0 Å². The minimum absolute atomic E-state index is 0.152. The van der Waals surface area contributed by atoms with E-state index in [0.717, 1.165) is 6.42 Å². The summed E-state index contributed by atoms with van der Waals surface area (Å²) in [5, 5.41) is 0. The predicted molar refractivity (Wildman–Crippen MR) is 59.8 cm³/mol. The van der Waals surface area contributed by atoms with Gasteiger partial charge in [0, 0.05) is 33.7 Å². The second kappa shape index (κ2) is 8.68. The van der Waals surface area contributed by atoms with Crippen molar-refractivity contribution in [3.8, 4) is 0 Å². The number of hydrogen-bond donors (Lipinski definition) is 0. The predicted octanol–water partition coefficient (Wildman–Crippen LogP) is 1.30. The summed E-state index contributed by atoms with van der Waals surface area (Å²) in [6, 6.07) is 0. The lowest BCUT2D eigenvalue weighted by atomic mass is 10.3. The van der Waals surface area contributed by atoms with Crippen molar-refractivity contribution in [3.63, 3.8) is 0 Å². The first-order valence-electron chi connectivity index (χ1n) is 5.42. The van der Waals surface area contributed by atoms with Gasteiger partial charge in [-0.15, -0.1) is 0 Å². The molecule has 0 saturated heterocycles. The van der Waals surface area contributed by atoms with E-state index in [1.807, 2.05) is 13.8 Å². The van der Waals surface area contributed by atoms with Crippen molar-refractivity contribution >= 4 is 5.91 Å². The second-order valence-corrected chi connectivity index (χ2v) is 3.83. The molecule has 0 aromatic heterocycles. The number of carbonyl (C=O) groups excluding carboxylic acids is 1. The first kappa shape index (κ1) is 14.4. The Bertz CT molecular complexity index is 171. The Morgan fingerprint density at radius 3 is 2.53 bits per heavy atom. The third-order valence-electron chi connectivity index (χ3n) is 2.04. The number of nitrogens with zero attached hydrogens (tertiary/aromatic N) is 1. The van der Waals surface area contributed by atoms with Crippen molar-refractivity contribution in [2.45, 2.75) is 32.8 Å². The number of carbonyl (C=O) groups is 1. The maximum Gasteiger partial charge on any atom is 0.222 e. The molecule has 0 aliphatic carbocycles. The van der Waals surface area contributed by atoms with E-state index in [9.17, 15) is 4.79 Å². The average molecular weight is 217 g/mol. The average Bonchev–Trinajstić information content (AvgIpc) is 2.20. The highest BCUT2D eigenvalue weighted by molar-refractivity contribution is 5.75. The molecule has 4 heteroatoms. The summed E-state index contributed by atoms with van der Waals surface area (Å²) in [5.41, 5.74) is 0. The quantitative estimate of drug-likeness (QED) is 0.575. The fourth-order valence-electron chi connectivity index (χ4n) is 1.09. The van der Waals surface area contributed by atoms with Crippen LogP contribution in [0.3, 0.4) is 0 Å². The molecule has 0 aromatic rings. The van der Waals surface area contributed by atoms with E-state index < -0.39 is 0 Å². The van der Waals surface area contributed by atoms with Crippen molar-refractivity contribution < 1.29 is 14.3 Å². The summed E-state index contributed by atoms with van der Waals surface area (Å²) in [6.45, 7) is 5.88. The van der Waals surface area contributed by atoms with E-state index in [4.69, 9.17) is 9.47 Å². The lowest BCUT2D eigenvalue weighted by Crippen LogP contribution is -2.29. The Labute approximate surface area is 92.5 Å². The number of likely N-dealkylation sites (N-methyl/N-ethyl adjacent to an activating group) is 1. The monoisotopic (exact) mass is 217 g/mol. The second-order valence-electron chi connectivity index (χ2n) is 3.83. The van der Waals surface area contributed by atoms with Gasteiger partial charge in [-0.1, -0.05) is 0 Å². The molecular formula is C11H23NO3. The van der Waals surface area contributed by atoms with Gasteiger partial charge in [0.2, 0.25) is 5.91 Å². The zero-order valence-electron chi connectivity index (χ0n) is 10.3. The lowest BCUT2D eigenvalue weighted by Gasteiger charge is -2.16. The van der Waals surface area contributed by atoms with Crippen LogP contribution in [0.2, 0.25) is 0 Å². The van der Waals surface area contributed by atoms with Crippen LogP contribution in [0, 0.1) is 0 Å². The van der Waals surface area contributed by atoms with Crippen molar-refractivity contribution in [1.29, 1.82) is 0 Å². The molecular weight excluding hydrogens is 194 g/mol. The summed E-state index contributed by atoms with van der Waals surface area (Å²) >= 11 is 0. The molecule has 0 fully saturated rings. The van der Waals surface area contributed by atoms with E-state index in [-0.39, 0.29) is 12.0 Å². The first-order valence-corrected chi connectivity index (χ1v) is 5.42. The van der Waals surface area contributed by atoms with Crippen molar-refractivity contribution in [2.24, 2.45) is 0 Å². The number of amides is 1. The van der Waals surface area contributed by atoms with Crippen LogP contribution in [-0.4, -0.2) is 50.8 Å². The SMILES string of the molecule is COCCN(C)C(=O)CCCOC(C)C. The van der Waals surface area contributed by atoms with E-state index >= 15 is 0 Å². The standard InChI is InChI=1S/C11H23NO3/c1-10(2)15-8-5-6-11(13)12(3)7-9-14-4/h10H,5-9H2,1-4H3. The van der Waals surface area contributed by atoms with Gasteiger partial charge >= 0.3 is 0 Å². The van der Waals surface area contributed by atoms with Gasteiger partial charge in [0.25, 0.3) is 0 Å². The molecule has 0 aromatic carbocycles. The molecule has 0 radical (unpaired) electrons. The summed E-state index contributed by atoms with van der Waals surface area (Å²) in [7, 11) is 3.43.